The van der Waals surface area contributed by atoms with Crippen LogP contribution in [0.2, 0.25) is 54.4 Å². The normalized spacial score (nSPS) is 23.1. The van der Waals surface area contributed by atoms with Crippen molar-refractivity contribution in [1.29, 1.82) is 0 Å². The maximum atomic E-state index is 7.25. The number of hydrogen-bond acceptors (Lipinski definition) is 9. The van der Waals surface area contributed by atoms with Gasteiger partial charge in [-0.1, -0.05) is 62.3 Å². The lowest BCUT2D eigenvalue weighted by Gasteiger charge is -2.44. The van der Waals surface area contributed by atoms with Crippen molar-refractivity contribution in [3.63, 3.8) is 0 Å². The van der Waals surface area contributed by atoms with Gasteiger partial charge in [0.2, 0.25) is 11.8 Å². The minimum atomic E-state index is -2.30. The highest BCUT2D eigenvalue weighted by molar-refractivity contribution is 6.75. The molecule has 2 aromatic rings. The van der Waals surface area contributed by atoms with Gasteiger partial charge in [0.1, 0.15) is 18.3 Å². The van der Waals surface area contributed by atoms with E-state index in [1.165, 1.54) is 0 Å². The molecule has 1 saturated heterocycles. The Hall–Kier alpha value is -1.36. The zero-order valence-electron chi connectivity index (χ0n) is 29.0. The van der Waals surface area contributed by atoms with Crippen LogP contribution in [-0.4, -0.2) is 76.5 Å². The van der Waals surface area contributed by atoms with E-state index in [4.69, 9.17) is 28.5 Å². The number of nitrogens with zero attached hydrogens (tertiary/aromatic N) is 4. The standard InChI is InChI=1S/C29H57N5O5Si3/c1-27(2,3)40(11,12)36-17-19-21(38-41(13,14)28(4,5)6)22(39-42(15,16)29(7,8)9)25(37-19)34-18-31-20-23(34)32-26(30)33-24(20)35-10/h18-19,21-22,25H,17H2,1-16H3,(H2,30,32,33)/t19-,21-,22+,25-/m1/s1. The van der Waals surface area contributed by atoms with E-state index in [1.54, 1.807) is 13.4 Å². The Labute approximate surface area is 256 Å². The summed E-state index contributed by atoms with van der Waals surface area (Å²) < 4.78 is 35.6. The van der Waals surface area contributed by atoms with Crippen LogP contribution in [0.25, 0.3) is 11.2 Å². The zero-order chi connectivity index (χ0) is 32.3. The smallest absolute Gasteiger partial charge is 0.246 e. The van der Waals surface area contributed by atoms with Gasteiger partial charge in [0.15, 0.2) is 42.3 Å². The number of nitrogen functional groups attached to an aromatic ring is 1. The zero-order valence-corrected chi connectivity index (χ0v) is 32.0. The van der Waals surface area contributed by atoms with Gasteiger partial charge in [0.05, 0.1) is 20.0 Å². The van der Waals surface area contributed by atoms with Crippen LogP contribution in [0.3, 0.4) is 0 Å². The van der Waals surface area contributed by atoms with Gasteiger partial charge in [-0.05, 0) is 54.4 Å². The molecule has 1 aliphatic heterocycles. The first-order chi connectivity index (χ1) is 18.8. The topological polar surface area (TPSA) is 116 Å². The molecule has 1 aliphatic rings. The van der Waals surface area contributed by atoms with Crippen LogP contribution in [0, 0.1) is 0 Å². The van der Waals surface area contributed by atoms with Crippen molar-refractivity contribution < 1.29 is 22.8 Å². The van der Waals surface area contributed by atoms with Crippen LogP contribution in [0.1, 0.15) is 68.5 Å². The van der Waals surface area contributed by atoms with Crippen LogP contribution in [-0.2, 0) is 18.0 Å². The second-order valence-electron chi connectivity index (χ2n) is 16.2. The molecule has 0 aliphatic carbocycles. The van der Waals surface area contributed by atoms with Gasteiger partial charge in [-0.25, -0.2) is 4.98 Å². The van der Waals surface area contributed by atoms with Gasteiger partial charge in [-0.3, -0.25) is 4.57 Å². The molecule has 3 heterocycles. The molecule has 240 valence electrons. The third kappa shape index (κ3) is 6.97. The summed E-state index contributed by atoms with van der Waals surface area (Å²) in [5.41, 5.74) is 7.15. The predicted octanol–water partition coefficient (Wildman–Crippen LogP) is 7.12. The maximum absolute atomic E-state index is 7.25. The van der Waals surface area contributed by atoms with Crippen molar-refractivity contribution in [2.24, 2.45) is 0 Å². The average Bonchev–Trinajstić information content (AvgIpc) is 3.36. The van der Waals surface area contributed by atoms with Gasteiger partial charge in [0.25, 0.3) is 0 Å². The van der Waals surface area contributed by atoms with E-state index < -0.39 is 37.3 Å². The Morgan fingerprint density at radius 3 is 1.79 bits per heavy atom. The van der Waals surface area contributed by atoms with Crippen molar-refractivity contribution in [3.8, 4) is 5.88 Å². The molecular weight excluding hydrogens is 583 g/mol. The van der Waals surface area contributed by atoms with E-state index >= 15 is 0 Å². The van der Waals surface area contributed by atoms with Crippen LogP contribution in [0.15, 0.2) is 6.33 Å². The van der Waals surface area contributed by atoms with E-state index in [9.17, 15) is 0 Å². The lowest BCUT2D eigenvalue weighted by molar-refractivity contribution is -0.0470. The molecule has 42 heavy (non-hydrogen) atoms. The number of imidazole rings is 1. The largest absolute Gasteiger partial charge is 0.479 e. The number of nitrogens with two attached hydrogens (primary N) is 1. The number of rotatable bonds is 9. The van der Waals surface area contributed by atoms with Crippen molar-refractivity contribution >= 4 is 42.1 Å². The average molecular weight is 640 g/mol. The molecule has 0 unspecified atom stereocenters. The van der Waals surface area contributed by atoms with Crippen LogP contribution < -0.4 is 10.5 Å². The minimum Gasteiger partial charge on any atom is -0.479 e. The predicted molar refractivity (Wildman–Crippen MR) is 177 cm³/mol. The molecule has 4 atom stereocenters. The molecule has 0 bridgehead atoms. The third-order valence-corrected chi connectivity index (χ3v) is 23.5. The Kier molecular flexibility index (Phi) is 9.64. The second-order valence-corrected chi connectivity index (χ2v) is 30.6. The van der Waals surface area contributed by atoms with Gasteiger partial charge >= 0.3 is 0 Å². The summed E-state index contributed by atoms with van der Waals surface area (Å²) >= 11 is 0. The van der Waals surface area contributed by atoms with E-state index in [1.807, 2.05) is 4.57 Å². The maximum Gasteiger partial charge on any atom is 0.246 e. The monoisotopic (exact) mass is 639 g/mol. The van der Waals surface area contributed by atoms with Crippen molar-refractivity contribution in [1.82, 2.24) is 19.5 Å². The van der Waals surface area contributed by atoms with Crippen LogP contribution in [0.4, 0.5) is 5.95 Å². The highest BCUT2D eigenvalue weighted by atomic mass is 28.4. The van der Waals surface area contributed by atoms with Crippen molar-refractivity contribution in [2.45, 2.75) is 141 Å². The lowest BCUT2D eigenvalue weighted by Crippen LogP contribution is -2.54. The molecule has 0 saturated carbocycles. The lowest BCUT2D eigenvalue weighted by atomic mass is 10.1. The minimum absolute atomic E-state index is 0.00576. The highest BCUT2D eigenvalue weighted by Gasteiger charge is 2.55. The Morgan fingerprint density at radius 1 is 0.810 bits per heavy atom. The van der Waals surface area contributed by atoms with E-state index in [-0.39, 0.29) is 33.3 Å². The summed E-state index contributed by atoms with van der Waals surface area (Å²) in [6.45, 7) is 34.3. The molecular formula is C29H57N5O5Si3. The molecule has 13 heteroatoms. The number of fused-ring (bicyclic) bond motifs is 1. The molecule has 0 radical (unpaired) electrons. The summed E-state index contributed by atoms with van der Waals surface area (Å²) in [6.07, 6.45) is 0.0208. The quantitative estimate of drug-likeness (QED) is 0.286. The summed E-state index contributed by atoms with van der Waals surface area (Å²) in [4.78, 5) is 13.4. The summed E-state index contributed by atoms with van der Waals surface area (Å²) in [5.74, 6) is 0.427. The van der Waals surface area contributed by atoms with Crippen LogP contribution in [0.5, 0.6) is 5.88 Å². The van der Waals surface area contributed by atoms with Crippen molar-refractivity contribution in [2.75, 3.05) is 19.5 Å². The van der Waals surface area contributed by atoms with Crippen molar-refractivity contribution in [3.05, 3.63) is 6.33 Å². The number of ether oxygens (including phenoxy) is 2. The Bertz CT molecular complexity index is 1250. The molecule has 0 amide bonds. The van der Waals surface area contributed by atoms with E-state index in [2.05, 4.69) is 117 Å². The summed E-state index contributed by atoms with van der Waals surface area (Å²) in [6, 6.07) is 0. The van der Waals surface area contributed by atoms with E-state index in [0.717, 1.165) is 0 Å². The molecule has 2 aromatic heterocycles. The number of anilines is 1. The van der Waals surface area contributed by atoms with Gasteiger partial charge in [-0.2, -0.15) is 9.97 Å². The molecule has 10 nitrogen and oxygen atoms in total. The summed E-state index contributed by atoms with van der Waals surface area (Å²) in [5, 5.41) is 0.0270. The van der Waals surface area contributed by atoms with Crippen LogP contribution >= 0.6 is 0 Å². The Balaban J connectivity index is 2.19. The molecule has 1 fully saturated rings. The van der Waals surface area contributed by atoms with Gasteiger partial charge in [0, 0.05) is 0 Å². The third-order valence-electron chi connectivity index (χ3n) is 10.0. The van der Waals surface area contributed by atoms with Gasteiger partial charge < -0.3 is 28.5 Å². The molecule has 2 N–H and O–H groups in total. The number of hydrogen-bond donors (Lipinski definition) is 1. The molecule has 0 spiro atoms. The fourth-order valence-electron chi connectivity index (χ4n) is 4.11. The van der Waals surface area contributed by atoms with E-state index in [0.29, 0.717) is 23.7 Å². The summed E-state index contributed by atoms with van der Waals surface area (Å²) in [7, 11) is -5.08. The fraction of sp³-hybridized carbons (Fsp3) is 0.828. The first kappa shape index (κ1) is 35.1. The molecule has 0 aromatic carbocycles. The number of aromatic nitrogens is 4. The first-order valence-electron chi connectivity index (χ1n) is 15.0. The van der Waals surface area contributed by atoms with Gasteiger partial charge in [-0.15, -0.1) is 0 Å². The Morgan fingerprint density at radius 2 is 1.31 bits per heavy atom. The molecule has 3 rings (SSSR count). The first-order valence-corrected chi connectivity index (χ1v) is 23.7. The highest BCUT2D eigenvalue weighted by Crippen LogP contribution is 2.47. The second kappa shape index (κ2) is 11.5. The fourth-order valence-corrected chi connectivity index (χ4v) is 7.73. The SMILES string of the molecule is COc1nc(N)nc2c1ncn2[C@@H]1O[C@H](CO[Si](C)(C)C(C)(C)C)[C@@H](O[Si](C)(C)C(C)(C)C)[C@@H]1O[Si](C)(C)C(C)(C)C. The number of methoxy groups -OCH3 is 1.